The zero-order valence-corrected chi connectivity index (χ0v) is 21.1. The van der Waals surface area contributed by atoms with E-state index in [0.29, 0.717) is 23.7 Å². The molecule has 7 unspecified atom stereocenters. The number of hydrogen-bond donors (Lipinski definition) is 1. The predicted molar refractivity (Wildman–Crippen MR) is 91.1 cm³/mol. The standard InChI is InChI=1S/C21H33O3.Rb/c1-20-11-9-17-15(16(20)7-8-18(20)19(24)12-22)6-5-14-4-2-3-10-21(14,17)13-23;/h14-18,22H,2-13H2,1H3;/q-1;+1. The quantitative estimate of drug-likeness (QED) is 0.698. The maximum Gasteiger partial charge on any atom is 1.00 e. The van der Waals surface area contributed by atoms with E-state index >= 15 is 0 Å². The molecule has 25 heavy (non-hydrogen) atoms. The maximum absolute atomic E-state index is 12.4. The molecule has 0 bridgehead atoms. The van der Waals surface area contributed by atoms with Gasteiger partial charge in [0.05, 0.1) is 0 Å². The smallest absolute Gasteiger partial charge is 0.854 e. The van der Waals surface area contributed by atoms with Gasteiger partial charge < -0.3 is 10.2 Å². The Morgan fingerprint density at radius 3 is 2.56 bits per heavy atom. The number of hydrogen-bond acceptors (Lipinski definition) is 3. The van der Waals surface area contributed by atoms with Crippen LogP contribution in [0.2, 0.25) is 0 Å². The summed E-state index contributed by atoms with van der Waals surface area (Å²) < 4.78 is 0. The molecular weight excluding hydrogens is 386 g/mol. The molecule has 0 heterocycles. The van der Waals surface area contributed by atoms with Gasteiger partial charge in [-0.1, -0.05) is 19.8 Å². The summed E-state index contributed by atoms with van der Waals surface area (Å²) in [5.74, 6) is 2.65. The molecule has 0 radical (unpaired) electrons. The van der Waals surface area contributed by atoms with Gasteiger partial charge in [-0.3, -0.25) is 4.79 Å². The van der Waals surface area contributed by atoms with Crippen LogP contribution < -0.4 is 63.3 Å². The van der Waals surface area contributed by atoms with Crippen molar-refractivity contribution in [1.29, 1.82) is 0 Å². The molecule has 4 saturated carbocycles. The van der Waals surface area contributed by atoms with Gasteiger partial charge in [0.1, 0.15) is 6.61 Å². The summed E-state index contributed by atoms with van der Waals surface area (Å²) in [5.41, 5.74) is 0.147. The van der Waals surface area contributed by atoms with Crippen molar-refractivity contribution in [3.05, 3.63) is 0 Å². The number of aliphatic hydroxyl groups excluding tert-OH is 1. The van der Waals surface area contributed by atoms with Crippen LogP contribution in [0.5, 0.6) is 0 Å². The van der Waals surface area contributed by atoms with E-state index in [1.54, 1.807) is 0 Å². The van der Waals surface area contributed by atoms with Crippen LogP contribution in [0.1, 0.15) is 71.1 Å². The van der Waals surface area contributed by atoms with Crippen molar-refractivity contribution in [3.63, 3.8) is 0 Å². The number of carbonyl (C=O) groups is 1. The van der Waals surface area contributed by atoms with E-state index in [2.05, 4.69) is 6.92 Å². The van der Waals surface area contributed by atoms with Crippen LogP contribution in [0.3, 0.4) is 0 Å². The molecule has 0 saturated heterocycles. The van der Waals surface area contributed by atoms with Gasteiger partial charge in [-0.15, -0.1) is 6.61 Å². The van der Waals surface area contributed by atoms with Crippen molar-refractivity contribution in [3.8, 4) is 0 Å². The number of ketones is 1. The molecule has 0 amide bonds. The maximum atomic E-state index is 12.4. The molecule has 136 valence electrons. The number of carbonyl (C=O) groups excluding carboxylic acids is 1. The van der Waals surface area contributed by atoms with Gasteiger partial charge in [-0.25, -0.2) is 0 Å². The predicted octanol–water partition coefficient (Wildman–Crippen LogP) is -0.0588. The molecule has 7 atom stereocenters. The molecule has 4 rings (SSSR count). The van der Waals surface area contributed by atoms with E-state index in [9.17, 15) is 15.0 Å². The van der Waals surface area contributed by atoms with E-state index < -0.39 is 0 Å². The normalized spacial score (nSPS) is 48.7. The molecule has 4 aliphatic carbocycles. The third-order valence-electron chi connectivity index (χ3n) is 9.10. The van der Waals surface area contributed by atoms with Crippen molar-refractivity contribution >= 4 is 5.78 Å². The van der Waals surface area contributed by atoms with Gasteiger partial charge >= 0.3 is 58.2 Å². The minimum Gasteiger partial charge on any atom is -0.854 e. The van der Waals surface area contributed by atoms with Gasteiger partial charge in [-0.2, -0.15) is 0 Å². The van der Waals surface area contributed by atoms with Crippen LogP contribution in [0.15, 0.2) is 0 Å². The molecule has 0 spiro atoms. The number of Topliss-reactive ketones (excluding diaryl/α,β-unsaturated/α-hetero) is 1. The van der Waals surface area contributed by atoms with Crippen LogP contribution in [0, 0.1) is 40.4 Å². The molecule has 0 aliphatic heterocycles. The van der Waals surface area contributed by atoms with Crippen LogP contribution in [0.4, 0.5) is 0 Å². The molecule has 0 aromatic carbocycles. The molecule has 3 nitrogen and oxygen atoms in total. The Kier molecular flexibility index (Phi) is 6.78. The third-order valence-corrected chi connectivity index (χ3v) is 9.10. The molecule has 1 N–H and O–H groups in total. The minimum atomic E-state index is -0.298. The van der Waals surface area contributed by atoms with Crippen molar-refractivity contribution in [2.24, 2.45) is 40.4 Å². The first-order chi connectivity index (χ1) is 11.6. The van der Waals surface area contributed by atoms with Gasteiger partial charge in [-0.05, 0) is 85.9 Å². The Hall–Kier alpha value is 1.40. The molecular formula is C21H33O3Rb. The first-order valence-electron chi connectivity index (χ1n) is 10.3. The average molecular weight is 419 g/mol. The third kappa shape index (κ3) is 3.15. The van der Waals surface area contributed by atoms with E-state index in [1.807, 2.05) is 0 Å². The average Bonchev–Trinajstić information content (AvgIpc) is 2.97. The Labute approximate surface area is 201 Å². The first-order valence-corrected chi connectivity index (χ1v) is 10.3. The molecule has 4 fully saturated rings. The van der Waals surface area contributed by atoms with Crippen molar-refractivity contribution in [2.45, 2.75) is 71.1 Å². The Bertz CT molecular complexity index is 509. The summed E-state index contributed by atoms with van der Waals surface area (Å²) >= 11 is 0. The second-order valence-corrected chi connectivity index (χ2v) is 9.57. The molecule has 4 aliphatic rings. The fourth-order valence-electron chi connectivity index (χ4n) is 7.99. The minimum absolute atomic E-state index is 0. The summed E-state index contributed by atoms with van der Waals surface area (Å²) in [4.78, 5) is 12.3. The van der Waals surface area contributed by atoms with Crippen molar-refractivity contribution in [1.82, 2.24) is 0 Å². The van der Waals surface area contributed by atoms with Gasteiger partial charge in [0.15, 0.2) is 5.78 Å². The summed E-state index contributed by atoms with van der Waals surface area (Å²) in [6.45, 7) is 2.14. The van der Waals surface area contributed by atoms with Gasteiger partial charge in [0.25, 0.3) is 0 Å². The fraction of sp³-hybridized carbons (Fsp3) is 0.952. The SMILES string of the molecule is CC12CCC3C(CCC4CCCCC43C[O-])C1CCC2C(=O)CO.[Rb+]. The monoisotopic (exact) mass is 418 g/mol. The number of aliphatic hydroxyl groups is 1. The van der Waals surface area contributed by atoms with Gasteiger partial charge in [0, 0.05) is 5.92 Å². The van der Waals surface area contributed by atoms with E-state index in [4.69, 9.17) is 0 Å². The Balaban J connectivity index is 0.00000182. The zero-order valence-electron chi connectivity index (χ0n) is 16.1. The van der Waals surface area contributed by atoms with E-state index in [0.717, 1.165) is 32.1 Å². The van der Waals surface area contributed by atoms with Crippen LogP contribution in [0.25, 0.3) is 0 Å². The second kappa shape index (κ2) is 8.03. The molecule has 4 heteroatoms. The van der Waals surface area contributed by atoms with Gasteiger partial charge in [0.2, 0.25) is 0 Å². The van der Waals surface area contributed by atoms with E-state index in [-0.39, 0.29) is 93.9 Å². The zero-order chi connectivity index (χ0) is 16.9. The van der Waals surface area contributed by atoms with Crippen LogP contribution >= 0.6 is 0 Å². The van der Waals surface area contributed by atoms with Crippen molar-refractivity contribution in [2.75, 3.05) is 13.2 Å². The first kappa shape index (κ1) is 21.1. The fourth-order valence-corrected chi connectivity index (χ4v) is 7.99. The Morgan fingerprint density at radius 1 is 1.04 bits per heavy atom. The largest absolute Gasteiger partial charge is 1.00 e. The second-order valence-electron chi connectivity index (χ2n) is 9.57. The van der Waals surface area contributed by atoms with Crippen LogP contribution in [-0.2, 0) is 4.79 Å². The Morgan fingerprint density at radius 2 is 1.84 bits per heavy atom. The van der Waals surface area contributed by atoms with Crippen LogP contribution in [-0.4, -0.2) is 24.1 Å². The summed E-state index contributed by atoms with van der Waals surface area (Å²) in [5, 5.41) is 21.8. The number of fused-ring (bicyclic) bond motifs is 5. The topological polar surface area (TPSA) is 60.4 Å². The van der Waals surface area contributed by atoms with E-state index in [1.165, 1.54) is 32.1 Å². The molecule has 0 aromatic rings. The molecule has 0 aromatic heterocycles. The summed E-state index contributed by atoms with van der Waals surface area (Å²) in [6.07, 6.45) is 11.8. The number of rotatable bonds is 3. The summed E-state index contributed by atoms with van der Waals surface area (Å²) in [7, 11) is 0. The van der Waals surface area contributed by atoms with Crippen molar-refractivity contribution < 1.29 is 73.2 Å². The summed E-state index contributed by atoms with van der Waals surface area (Å²) in [6, 6.07) is 0.